The summed E-state index contributed by atoms with van der Waals surface area (Å²) in [5.74, 6) is 0.894. The van der Waals surface area contributed by atoms with Gasteiger partial charge in [0.1, 0.15) is 11.3 Å². The lowest BCUT2D eigenvalue weighted by Crippen LogP contribution is -2.40. The number of carbonyl (C=O) groups excluding carboxylic acids is 1. The molecule has 5 nitrogen and oxygen atoms in total. The van der Waals surface area contributed by atoms with Crippen LogP contribution in [-0.4, -0.2) is 32.3 Å². The molecule has 1 saturated heterocycles. The van der Waals surface area contributed by atoms with Crippen LogP contribution in [0.4, 0.5) is 0 Å². The molecule has 21 heavy (non-hydrogen) atoms. The Morgan fingerprint density at radius 3 is 3.00 bits per heavy atom. The van der Waals surface area contributed by atoms with Gasteiger partial charge in [-0.15, -0.1) is 0 Å². The number of hydrogen-bond donors (Lipinski definition) is 1. The van der Waals surface area contributed by atoms with Crippen LogP contribution in [0.25, 0.3) is 11.0 Å². The summed E-state index contributed by atoms with van der Waals surface area (Å²) in [7, 11) is 1.60. The van der Waals surface area contributed by atoms with Crippen LogP contribution in [0, 0.1) is 6.92 Å². The minimum absolute atomic E-state index is 0.0633. The number of aryl methyl sites for hydroxylation is 1. The molecule has 2 aromatic rings. The maximum atomic E-state index is 12.4. The Morgan fingerprint density at radius 1 is 1.43 bits per heavy atom. The van der Waals surface area contributed by atoms with Crippen molar-refractivity contribution >= 4 is 16.9 Å². The molecule has 0 spiro atoms. The smallest absolute Gasteiger partial charge is 0.287 e. The number of fused-ring (bicyclic) bond motifs is 1. The number of benzene rings is 1. The second-order valence-corrected chi connectivity index (χ2v) is 5.31. The summed E-state index contributed by atoms with van der Waals surface area (Å²) >= 11 is 0. The first kappa shape index (κ1) is 13.9. The average molecular weight is 289 g/mol. The standard InChI is InChI=1S/C16H19NO4/c1-10-13-6-5-12(19-2)8-14(13)21-15(10)16(18)17-11-4-3-7-20-9-11/h5-6,8,11H,3-4,7,9H2,1-2H3,(H,17,18)/t11-/m0/s1. The summed E-state index contributed by atoms with van der Waals surface area (Å²) in [5, 5.41) is 3.91. The lowest BCUT2D eigenvalue weighted by Gasteiger charge is -2.22. The molecule has 0 saturated carbocycles. The molecule has 1 aromatic heterocycles. The van der Waals surface area contributed by atoms with Crippen molar-refractivity contribution in [1.29, 1.82) is 0 Å². The summed E-state index contributed by atoms with van der Waals surface area (Å²) in [6.07, 6.45) is 1.92. The number of methoxy groups -OCH3 is 1. The van der Waals surface area contributed by atoms with Crippen molar-refractivity contribution in [2.24, 2.45) is 0 Å². The van der Waals surface area contributed by atoms with Gasteiger partial charge in [0, 0.05) is 23.6 Å². The molecule has 0 bridgehead atoms. The van der Waals surface area contributed by atoms with Gasteiger partial charge in [-0.05, 0) is 31.9 Å². The van der Waals surface area contributed by atoms with Crippen LogP contribution >= 0.6 is 0 Å². The minimum atomic E-state index is -0.182. The van der Waals surface area contributed by atoms with E-state index in [-0.39, 0.29) is 11.9 Å². The van der Waals surface area contributed by atoms with Crippen LogP contribution < -0.4 is 10.1 Å². The van der Waals surface area contributed by atoms with E-state index in [4.69, 9.17) is 13.9 Å². The lowest BCUT2D eigenvalue weighted by molar-refractivity contribution is 0.0612. The SMILES string of the molecule is COc1ccc2c(C)c(C(=O)N[C@H]3CCCOC3)oc2c1. The van der Waals surface area contributed by atoms with Gasteiger partial charge in [-0.2, -0.15) is 0 Å². The van der Waals surface area contributed by atoms with Crippen LogP contribution in [0.5, 0.6) is 5.75 Å². The van der Waals surface area contributed by atoms with Crippen molar-refractivity contribution in [2.75, 3.05) is 20.3 Å². The summed E-state index contributed by atoms with van der Waals surface area (Å²) in [5.41, 5.74) is 1.51. The van der Waals surface area contributed by atoms with Crippen LogP contribution in [0.3, 0.4) is 0 Å². The predicted octanol–water partition coefficient (Wildman–Crippen LogP) is 2.66. The highest BCUT2D eigenvalue weighted by atomic mass is 16.5. The molecule has 1 aliphatic heterocycles. The van der Waals surface area contributed by atoms with Gasteiger partial charge in [0.15, 0.2) is 5.76 Å². The van der Waals surface area contributed by atoms with Crippen molar-refractivity contribution in [1.82, 2.24) is 5.32 Å². The topological polar surface area (TPSA) is 60.7 Å². The Bertz CT molecular complexity index is 656. The number of nitrogens with one attached hydrogen (secondary N) is 1. The van der Waals surface area contributed by atoms with E-state index in [2.05, 4.69) is 5.32 Å². The average Bonchev–Trinajstić information content (AvgIpc) is 2.85. The van der Waals surface area contributed by atoms with Gasteiger partial charge < -0.3 is 19.2 Å². The predicted molar refractivity (Wildman–Crippen MR) is 78.8 cm³/mol. The second kappa shape index (κ2) is 5.77. The maximum absolute atomic E-state index is 12.4. The molecule has 5 heteroatoms. The third-order valence-electron chi connectivity index (χ3n) is 3.85. The van der Waals surface area contributed by atoms with Crippen molar-refractivity contribution in [3.63, 3.8) is 0 Å². The molecule has 1 amide bonds. The molecule has 1 N–H and O–H groups in total. The van der Waals surface area contributed by atoms with E-state index in [1.165, 1.54) is 0 Å². The van der Waals surface area contributed by atoms with Crippen LogP contribution in [0.15, 0.2) is 22.6 Å². The van der Waals surface area contributed by atoms with Gasteiger partial charge in [-0.1, -0.05) is 0 Å². The molecule has 1 fully saturated rings. The molecule has 2 heterocycles. The van der Waals surface area contributed by atoms with Crippen molar-refractivity contribution < 1.29 is 18.7 Å². The molecule has 0 unspecified atom stereocenters. The maximum Gasteiger partial charge on any atom is 0.287 e. The number of carbonyl (C=O) groups is 1. The third kappa shape index (κ3) is 2.74. The number of rotatable bonds is 3. The quantitative estimate of drug-likeness (QED) is 0.943. The second-order valence-electron chi connectivity index (χ2n) is 5.31. The first-order valence-corrected chi connectivity index (χ1v) is 7.15. The van der Waals surface area contributed by atoms with Gasteiger partial charge in [-0.3, -0.25) is 4.79 Å². The van der Waals surface area contributed by atoms with Gasteiger partial charge in [0.05, 0.1) is 19.8 Å². The fraction of sp³-hybridized carbons (Fsp3) is 0.438. The number of hydrogen-bond acceptors (Lipinski definition) is 4. The molecule has 0 radical (unpaired) electrons. The zero-order valence-corrected chi connectivity index (χ0v) is 12.3. The van der Waals surface area contributed by atoms with E-state index in [0.29, 0.717) is 23.7 Å². The third-order valence-corrected chi connectivity index (χ3v) is 3.85. The van der Waals surface area contributed by atoms with Crippen molar-refractivity contribution in [2.45, 2.75) is 25.8 Å². The summed E-state index contributed by atoms with van der Waals surface area (Å²) < 4.78 is 16.3. The Labute approximate surface area is 123 Å². The molecule has 3 rings (SSSR count). The lowest BCUT2D eigenvalue weighted by atomic mass is 10.1. The monoisotopic (exact) mass is 289 g/mol. The molecule has 1 aromatic carbocycles. The molecular weight excluding hydrogens is 270 g/mol. The Morgan fingerprint density at radius 2 is 2.29 bits per heavy atom. The van der Waals surface area contributed by atoms with Crippen molar-refractivity contribution in [3.05, 3.63) is 29.5 Å². The van der Waals surface area contributed by atoms with E-state index < -0.39 is 0 Å². The van der Waals surface area contributed by atoms with Gasteiger partial charge in [0.2, 0.25) is 0 Å². The highest BCUT2D eigenvalue weighted by Gasteiger charge is 2.22. The normalized spacial score (nSPS) is 18.7. The summed E-state index contributed by atoms with van der Waals surface area (Å²) in [6, 6.07) is 5.63. The van der Waals surface area contributed by atoms with Gasteiger partial charge in [-0.25, -0.2) is 0 Å². The Balaban J connectivity index is 1.85. The fourth-order valence-electron chi connectivity index (χ4n) is 2.65. The molecule has 0 aliphatic carbocycles. The minimum Gasteiger partial charge on any atom is -0.497 e. The molecule has 1 atom stereocenters. The van der Waals surface area contributed by atoms with E-state index in [0.717, 1.165) is 30.4 Å². The highest BCUT2D eigenvalue weighted by Crippen LogP contribution is 2.28. The first-order chi connectivity index (χ1) is 10.2. The van der Waals surface area contributed by atoms with Crippen LogP contribution in [0.1, 0.15) is 29.0 Å². The van der Waals surface area contributed by atoms with E-state index in [1.54, 1.807) is 13.2 Å². The largest absolute Gasteiger partial charge is 0.497 e. The Kier molecular flexibility index (Phi) is 3.84. The fourth-order valence-corrected chi connectivity index (χ4v) is 2.65. The Hall–Kier alpha value is -2.01. The summed E-state index contributed by atoms with van der Waals surface area (Å²) in [4.78, 5) is 12.4. The zero-order chi connectivity index (χ0) is 14.8. The zero-order valence-electron chi connectivity index (χ0n) is 12.3. The number of amides is 1. The molecule has 1 aliphatic rings. The number of ether oxygens (including phenoxy) is 2. The van der Waals surface area contributed by atoms with Gasteiger partial charge in [0.25, 0.3) is 5.91 Å². The summed E-state index contributed by atoms with van der Waals surface area (Å²) in [6.45, 7) is 3.24. The van der Waals surface area contributed by atoms with E-state index >= 15 is 0 Å². The van der Waals surface area contributed by atoms with Gasteiger partial charge >= 0.3 is 0 Å². The van der Waals surface area contributed by atoms with E-state index in [9.17, 15) is 4.79 Å². The van der Waals surface area contributed by atoms with E-state index in [1.807, 2.05) is 19.1 Å². The van der Waals surface area contributed by atoms with Crippen LogP contribution in [0.2, 0.25) is 0 Å². The number of furan rings is 1. The van der Waals surface area contributed by atoms with Crippen molar-refractivity contribution in [3.8, 4) is 5.75 Å². The first-order valence-electron chi connectivity index (χ1n) is 7.15. The molecular formula is C16H19NO4. The van der Waals surface area contributed by atoms with Crippen LogP contribution in [-0.2, 0) is 4.74 Å². The molecule has 112 valence electrons. The highest BCUT2D eigenvalue weighted by molar-refractivity contribution is 5.99.